The van der Waals surface area contributed by atoms with Crippen LogP contribution in [0.15, 0.2) is 28.7 Å². The molecule has 1 aromatic carbocycles. The number of benzene rings is 1. The second-order valence-corrected chi connectivity index (χ2v) is 4.71. The molecular weight excluding hydrogens is 254 g/mol. The normalized spacial score (nSPS) is 16.8. The van der Waals surface area contributed by atoms with E-state index in [9.17, 15) is 4.79 Å². The van der Waals surface area contributed by atoms with E-state index in [1.54, 1.807) is 0 Å². The first-order valence-electron chi connectivity index (χ1n) is 4.91. The molecule has 0 aromatic heterocycles. The molecule has 0 heterocycles. The Morgan fingerprint density at radius 3 is 2.47 bits per heavy atom. The summed E-state index contributed by atoms with van der Waals surface area (Å²) in [6.07, 6.45) is 1.90. The van der Waals surface area contributed by atoms with Gasteiger partial charge in [0.1, 0.15) is 5.92 Å². The van der Waals surface area contributed by atoms with Crippen LogP contribution in [0.5, 0.6) is 0 Å². The highest BCUT2D eigenvalue weighted by molar-refractivity contribution is 9.10. The van der Waals surface area contributed by atoms with Gasteiger partial charge in [-0.15, -0.1) is 0 Å². The molecule has 2 nitrogen and oxygen atoms in total. The number of Topliss-reactive ketones (excluding diaryl/α,β-unsaturated/α-hetero) is 1. The van der Waals surface area contributed by atoms with Crippen molar-refractivity contribution in [3.05, 3.63) is 34.3 Å². The highest BCUT2D eigenvalue weighted by Gasteiger charge is 2.35. The number of nitriles is 1. The molecule has 0 saturated heterocycles. The predicted molar refractivity (Wildman–Crippen MR) is 60.2 cm³/mol. The predicted octanol–water partition coefficient (Wildman–Crippen LogP) is 3.04. The second kappa shape index (κ2) is 4.16. The average Bonchev–Trinajstić information content (AvgIpc) is 3.05. The first kappa shape index (κ1) is 10.4. The zero-order chi connectivity index (χ0) is 10.8. The van der Waals surface area contributed by atoms with Crippen LogP contribution in [0.1, 0.15) is 24.3 Å². The minimum Gasteiger partial charge on any atom is -0.298 e. The van der Waals surface area contributed by atoms with Gasteiger partial charge in [0.15, 0.2) is 5.78 Å². The Labute approximate surface area is 97.0 Å². The largest absolute Gasteiger partial charge is 0.298 e. The van der Waals surface area contributed by atoms with Crippen LogP contribution in [0.25, 0.3) is 0 Å². The Balaban J connectivity index is 2.23. The van der Waals surface area contributed by atoms with Crippen molar-refractivity contribution >= 4 is 21.7 Å². The molecule has 0 aliphatic heterocycles. The quantitative estimate of drug-likeness (QED) is 0.841. The Morgan fingerprint density at radius 2 is 2.00 bits per heavy atom. The molecule has 1 aliphatic carbocycles. The summed E-state index contributed by atoms with van der Waals surface area (Å²) in [6, 6.07) is 9.48. The van der Waals surface area contributed by atoms with Crippen molar-refractivity contribution in [2.45, 2.75) is 18.8 Å². The number of ketones is 1. The molecule has 0 spiro atoms. The minimum atomic E-state index is -0.578. The summed E-state index contributed by atoms with van der Waals surface area (Å²) in [4.78, 5) is 11.8. The van der Waals surface area contributed by atoms with Gasteiger partial charge in [0.25, 0.3) is 0 Å². The van der Waals surface area contributed by atoms with Crippen molar-refractivity contribution in [1.29, 1.82) is 5.26 Å². The topological polar surface area (TPSA) is 40.9 Å². The molecule has 15 heavy (non-hydrogen) atoms. The summed E-state index contributed by atoms with van der Waals surface area (Å²) in [5.74, 6) is -0.358. The lowest BCUT2D eigenvalue weighted by atomic mass is 9.94. The molecule has 0 radical (unpaired) electrons. The minimum absolute atomic E-state index is 0.0832. The standard InChI is InChI=1S/C12H10BrNO/c13-10-5-3-8(4-6-10)11(7-14)12(15)9-1-2-9/h3-6,9,11H,1-2H2. The molecule has 0 N–H and O–H groups in total. The van der Waals surface area contributed by atoms with E-state index >= 15 is 0 Å². The van der Waals surface area contributed by atoms with Crippen molar-refractivity contribution in [3.8, 4) is 6.07 Å². The number of hydrogen-bond acceptors (Lipinski definition) is 2. The fourth-order valence-corrected chi connectivity index (χ4v) is 1.83. The van der Waals surface area contributed by atoms with Crippen LogP contribution in [-0.4, -0.2) is 5.78 Å². The maximum atomic E-state index is 11.8. The maximum absolute atomic E-state index is 11.8. The van der Waals surface area contributed by atoms with Gasteiger partial charge in [-0.3, -0.25) is 4.79 Å². The third-order valence-corrected chi connectivity index (χ3v) is 3.13. The van der Waals surface area contributed by atoms with E-state index in [-0.39, 0.29) is 11.7 Å². The summed E-state index contributed by atoms with van der Waals surface area (Å²) in [6.45, 7) is 0. The maximum Gasteiger partial charge on any atom is 0.157 e. The van der Waals surface area contributed by atoms with Gasteiger partial charge >= 0.3 is 0 Å². The van der Waals surface area contributed by atoms with Crippen molar-refractivity contribution < 1.29 is 4.79 Å². The monoisotopic (exact) mass is 263 g/mol. The number of carbonyl (C=O) groups excluding carboxylic acids is 1. The number of rotatable bonds is 3. The van der Waals surface area contributed by atoms with E-state index in [1.165, 1.54) is 0 Å². The van der Waals surface area contributed by atoms with Crippen LogP contribution >= 0.6 is 15.9 Å². The third kappa shape index (κ3) is 2.27. The molecule has 2 rings (SSSR count). The summed E-state index contributed by atoms with van der Waals surface area (Å²) in [5, 5.41) is 9.01. The van der Waals surface area contributed by atoms with Gasteiger partial charge in [-0.05, 0) is 30.5 Å². The molecule has 1 saturated carbocycles. The van der Waals surface area contributed by atoms with Crippen LogP contribution in [0.4, 0.5) is 0 Å². The van der Waals surface area contributed by atoms with E-state index in [0.29, 0.717) is 0 Å². The highest BCUT2D eigenvalue weighted by atomic mass is 79.9. The number of hydrogen-bond donors (Lipinski definition) is 0. The second-order valence-electron chi connectivity index (χ2n) is 3.79. The zero-order valence-corrected chi connectivity index (χ0v) is 9.70. The molecule has 76 valence electrons. The summed E-state index contributed by atoms with van der Waals surface area (Å²) in [7, 11) is 0. The third-order valence-electron chi connectivity index (χ3n) is 2.60. The molecule has 1 fully saturated rings. The fourth-order valence-electron chi connectivity index (χ4n) is 1.56. The zero-order valence-electron chi connectivity index (χ0n) is 8.11. The van der Waals surface area contributed by atoms with Gasteiger partial charge in [0, 0.05) is 10.4 Å². The smallest absolute Gasteiger partial charge is 0.157 e. The fraction of sp³-hybridized carbons (Fsp3) is 0.333. The van der Waals surface area contributed by atoms with Crippen molar-refractivity contribution in [1.82, 2.24) is 0 Å². The Morgan fingerprint density at radius 1 is 1.40 bits per heavy atom. The molecule has 0 amide bonds. The van der Waals surface area contributed by atoms with Crippen LogP contribution in [0.3, 0.4) is 0 Å². The Bertz CT molecular complexity index is 414. The highest BCUT2D eigenvalue weighted by Crippen LogP contribution is 2.35. The van der Waals surface area contributed by atoms with Gasteiger partial charge in [0.05, 0.1) is 6.07 Å². The first-order chi connectivity index (χ1) is 7.22. The van der Waals surface area contributed by atoms with Gasteiger partial charge in [-0.1, -0.05) is 28.1 Å². The molecule has 1 aromatic rings. The van der Waals surface area contributed by atoms with E-state index in [4.69, 9.17) is 5.26 Å². The molecular formula is C12H10BrNO. The van der Waals surface area contributed by atoms with E-state index in [2.05, 4.69) is 22.0 Å². The van der Waals surface area contributed by atoms with Gasteiger partial charge in [0.2, 0.25) is 0 Å². The van der Waals surface area contributed by atoms with Crippen LogP contribution in [-0.2, 0) is 4.79 Å². The lowest BCUT2D eigenvalue weighted by Gasteiger charge is -2.07. The lowest BCUT2D eigenvalue weighted by molar-refractivity contribution is -0.120. The Kier molecular flexibility index (Phi) is 2.88. The average molecular weight is 264 g/mol. The lowest BCUT2D eigenvalue weighted by Crippen LogP contribution is -2.12. The van der Waals surface area contributed by atoms with Crippen LogP contribution in [0, 0.1) is 17.2 Å². The van der Waals surface area contributed by atoms with Gasteiger partial charge < -0.3 is 0 Å². The number of nitrogens with zero attached hydrogens (tertiary/aromatic N) is 1. The SMILES string of the molecule is N#CC(C(=O)C1CC1)c1ccc(Br)cc1. The molecule has 1 aliphatic rings. The number of carbonyl (C=O) groups is 1. The van der Waals surface area contributed by atoms with Crippen molar-refractivity contribution in [3.63, 3.8) is 0 Å². The van der Waals surface area contributed by atoms with Crippen LogP contribution in [0.2, 0.25) is 0 Å². The molecule has 1 atom stereocenters. The van der Waals surface area contributed by atoms with E-state index < -0.39 is 5.92 Å². The van der Waals surface area contributed by atoms with Gasteiger partial charge in [-0.25, -0.2) is 0 Å². The Hall–Kier alpha value is -1.14. The van der Waals surface area contributed by atoms with Crippen LogP contribution < -0.4 is 0 Å². The van der Waals surface area contributed by atoms with Gasteiger partial charge in [-0.2, -0.15) is 5.26 Å². The summed E-state index contributed by atoms with van der Waals surface area (Å²) < 4.78 is 0.960. The molecule has 1 unspecified atom stereocenters. The number of halogens is 1. The van der Waals surface area contributed by atoms with E-state index in [1.807, 2.05) is 24.3 Å². The summed E-state index contributed by atoms with van der Waals surface area (Å²) >= 11 is 3.33. The van der Waals surface area contributed by atoms with Crippen molar-refractivity contribution in [2.75, 3.05) is 0 Å². The summed E-state index contributed by atoms with van der Waals surface area (Å²) in [5.41, 5.74) is 0.803. The van der Waals surface area contributed by atoms with Crippen molar-refractivity contribution in [2.24, 2.45) is 5.92 Å². The first-order valence-corrected chi connectivity index (χ1v) is 5.70. The molecule has 0 bridgehead atoms. The molecule has 3 heteroatoms. The van der Waals surface area contributed by atoms with E-state index in [0.717, 1.165) is 22.9 Å².